The lowest BCUT2D eigenvalue weighted by atomic mass is 9.70. The van der Waals surface area contributed by atoms with E-state index in [1.54, 1.807) is 0 Å². The zero-order valence-electron chi connectivity index (χ0n) is 9.59. The molecule has 0 aromatic carbocycles. The van der Waals surface area contributed by atoms with Crippen molar-refractivity contribution in [2.24, 2.45) is 22.7 Å². The Morgan fingerprint density at radius 1 is 1.43 bits per heavy atom. The molecule has 0 saturated heterocycles. The van der Waals surface area contributed by atoms with Gasteiger partial charge in [0.05, 0.1) is 6.10 Å². The van der Waals surface area contributed by atoms with E-state index in [0.717, 1.165) is 6.42 Å². The molecule has 0 aliphatic heterocycles. The van der Waals surface area contributed by atoms with Crippen molar-refractivity contribution >= 4 is 0 Å². The Kier molecular flexibility index (Phi) is 2.08. The molecule has 2 aliphatic rings. The minimum Gasteiger partial charge on any atom is -0.392 e. The van der Waals surface area contributed by atoms with Crippen molar-refractivity contribution in [3.8, 4) is 0 Å². The van der Waals surface area contributed by atoms with Crippen LogP contribution in [0, 0.1) is 22.7 Å². The third kappa shape index (κ3) is 0.942. The maximum absolute atomic E-state index is 10.4. The topological polar surface area (TPSA) is 20.2 Å². The molecule has 0 amide bonds. The molecule has 14 heavy (non-hydrogen) atoms. The molecule has 2 rings (SSSR count). The lowest BCUT2D eigenvalue weighted by molar-refractivity contribution is -0.00957. The molecule has 0 radical (unpaired) electrons. The lowest BCUT2D eigenvalue weighted by Crippen LogP contribution is -2.37. The number of hydrogen-bond donors (Lipinski definition) is 1. The molecule has 2 fully saturated rings. The SMILES string of the molecule is C=CC[C@H]1[C@H]2CC[C@@](C)([C@@H]1O)C2(C)C. The van der Waals surface area contributed by atoms with Gasteiger partial charge in [-0.2, -0.15) is 0 Å². The van der Waals surface area contributed by atoms with Crippen molar-refractivity contribution in [3.63, 3.8) is 0 Å². The highest BCUT2D eigenvalue weighted by atomic mass is 16.3. The molecular weight excluding hydrogens is 172 g/mol. The van der Waals surface area contributed by atoms with Crippen LogP contribution in [0.5, 0.6) is 0 Å². The molecule has 0 heterocycles. The van der Waals surface area contributed by atoms with Gasteiger partial charge < -0.3 is 5.11 Å². The summed E-state index contributed by atoms with van der Waals surface area (Å²) in [6, 6.07) is 0. The first kappa shape index (κ1) is 10.2. The summed E-state index contributed by atoms with van der Waals surface area (Å²) in [5, 5.41) is 10.4. The van der Waals surface area contributed by atoms with E-state index >= 15 is 0 Å². The molecule has 0 spiro atoms. The van der Waals surface area contributed by atoms with Gasteiger partial charge in [0, 0.05) is 0 Å². The van der Waals surface area contributed by atoms with Gasteiger partial charge in [-0.25, -0.2) is 0 Å². The van der Waals surface area contributed by atoms with Crippen molar-refractivity contribution in [1.29, 1.82) is 0 Å². The molecule has 2 bridgehead atoms. The molecular formula is C13H22O. The van der Waals surface area contributed by atoms with E-state index in [0.29, 0.717) is 17.3 Å². The first-order valence-electron chi connectivity index (χ1n) is 5.74. The van der Waals surface area contributed by atoms with Crippen LogP contribution in [-0.4, -0.2) is 11.2 Å². The highest BCUT2D eigenvalue weighted by Crippen LogP contribution is 2.68. The highest BCUT2D eigenvalue weighted by Gasteiger charge is 2.65. The van der Waals surface area contributed by atoms with Gasteiger partial charge in [0.15, 0.2) is 0 Å². The van der Waals surface area contributed by atoms with Crippen molar-refractivity contribution in [2.75, 3.05) is 0 Å². The zero-order valence-corrected chi connectivity index (χ0v) is 9.59. The minimum absolute atomic E-state index is 0.116. The van der Waals surface area contributed by atoms with Gasteiger partial charge in [0.1, 0.15) is 0 Å². The Hall–Kier alpha value is -0.300. The molecule has 1 nitrogen and oxygen atoms in total. The maximum atomic E-state index is 10.4. The van der Waals surface area contributed by atoms with Gasteiger partial charge in [-0.15, -0.1) is 6.58 Å². The second kappa shape index (κ2) is 2.85. The van der Waals surface area contributed by atoms with Gasteiger partial charge in [-0.3, -0.25) is 0 Å². The zero-order chi connectivity index (χ0) is 10.6. The summed E-state index contributed by atoms with van der Waals surface area (Å²) < 4.78 is 0. The van der Waals surface area contributed by atoms with Crippen LogP contribution in [0.15, 0.2) is 12.7 Å². The molecule has 0 aromatic heterocycles. The van der Waals surface area contributed by atoms with Gasteiger partial charge in [-0.05, 0) is 41.9 Å². The second-order valence-corrected chi connectivity index (χ2v) is 5.92. The average molecular weight is 194 g/mol. The van der Waals surface area contributed by atoms with E-state index in [9.17, 15) is 5.11 Å². The van der Waals surface area contributed by atoms with Crippen LogP contribution in [0.1, 0.15) is 40.0 Å². The molecule has 4 atom stereocenters. The summed E-state index contributed by atoms with van der Waals surface area (Å²) in [4.78, 5) is 0. The number of hydrogen-bond acceptors (Lipinski definition) is 1. The summed E-state index contributed by atoms with van der Waals surface area (Å²) >= 11 is 0. The first-order chi connectivity index (χ1) is 6.45. The Morgan fingerprint density at radius 2 is 2.07 bits per heavy atom. The van der Waals surface area contributed by atoms with Crippen molar-refractivity contribution in [2.45, 2.75) is 46.1 Å². The number of aliphatic hydroxyl groups excluding tert-OH is 1. The maximum Gasteiger partial charge on any atom is 0.0632 e. The number of fused-ring (bicyclic) bond motifs is 2. The van der Waals surface area contributed by atoms with E-state index < -0.39 is 0 Å². The van der Waals surface area contributed by atoms with E-state index in [1.807, 2.05) is 6.08 Å². The first-order valence-corrected chi connectivity index (χ1v) is 5.74. The standard InChI is InChI=1S/C13H22O/c1-5-6-9-10-7-8-13(4,11(9)14)12(10,2)3/h5,9-11,14H,1,6-8H2,2-4H3/t9-,10+,11+,13-/m0/s1. The monoisotopic (exact) mass is 194 g/mol. The Balaban J connectivity index is 2.33. The Bertz CT molecular complexity index is 256. The van der Waals surface area contributed by atoms with Crippen LogP contribution in [0.4, 0.5) is 0 Å². The fraction of sp³-hybridized carbons (Fsp3) is 0.846. The third-order valence-electron chi connectivity index (χ3n) is 5.39. The molecule has 0 aromatic rings. The van der Waals surface area contributed by atoms with E-state index in [-0.39, 0.29) is 11.5 Å². The van der Waals surface area contributed by atoms with Gasteiger partial charge in [0.2, 0.25) is 0 Å². The fourth-order valence-electron chi connectivity index (χ4n) is 4.02. The number of rotatable bonds is 2. The highest BCUT2D eigenvalue weighted by molar-refractivity contribution is 5.14. The van der Waals surface area contributed by atoms with E-state index in [4.69, 9.17) is 0 Å². The minimum atomic E-state index is -0.116. The number of allylic oxidation sites excluding steroid dienone is 1. The van der Waals surface area contributed by atoms with Crippen LogP contribution in [0.2, 0.25) is 0 Å². The molecule has 0 unspecified atom stereocenters. The number of aliphatic hydroxyl groups is 1. The predicted octanol–water partition coefficient (Wildman–Crippen LogP) is 3.00. The summed E-state index contributed by atoms with van der Waals surface area (Å²) in [5.74, 6) is 1.15. The summed E-state index contributed by atoms with van der Waals surface area (Å²) in [5.41, 5.74) is 0.450. The van der Waals surface area contributed by atoms with Gasteiger partial charge >= 0.3 is 0 Å². The molecule has 2 aliphatic carbocycles. The van der Waals surface area contributed by atoms with Crippen molar-refractivity contribution < 1.29 is 5.11 Å². The van der Waals surface area contributed by atoms with Crippen LogP contribution in [-0.2, 0) is 0 Å². The smallest absolute Gasteiger partial charge is 0.0632 e. The van der Waals surface area contributed by atoms with Crippen molar-refractivity contribution in [3.05, 3.63) is 12.7 Å². The fourth-order valence-corrected chi connectivity index (χ4v) is 4.02. The van der Waals surface area contributed by atoms with Crippen LogP contribution in [0.25, 0.3) is 0 Å². The normalized spacial score (nSPS) is 49.6. The van der Waals surface area contributed by atoms with Crippen molar-refractivity contribution in [1.82, 2.24) is 0 Å². The molecule has 2 saturated carbocycles. The third-order valence-corrected chi connectivity index (χ3v) is 5.39. The van der Waals surface area contributed by atoms with Crippen LogP contribution < -0.4 is 0 Å². The predicted molar refractivity (Wildman–Crippen MR) is 58.9 cm³/mol. The second-order valence-electron chi connectivity index (χ2n) is 5.92. The summed E-state index contributed by atoms with van der Waals surface area (Å²) in [7, 11) is 0. The molecule has 80 valence electrons. The summed E-state index contributed by atoms with van der Waals surface area (Å²) in [6.45, 7) is 10.7. The van der Waals surface area contributed by atoms with Crippen LogP contribution >= 0.6 is 0 Å². The summed E-state index contributed by atoms with van der Waals surface area (Å²) in [6.07, 6.45) is 5.31. The van der Waals surface area contributed by atoms with Crippen LogP contribution in [0.3, 0.4) is 0 Å². The van der Waals surface area contributed by atoms with E-state index in [2.05, 4.69) is 27.4 Å². The van der Waals surface area contributed by atoms with Gasteiger partial charge in [0.25, 0.3) is 0 Å². The van der Waals surface area contributed by atoms with Gasteiger partial charge in [-0.1, -0.05) is 26.8 Å². The van der Waals surface area contributed by atoms with E-state index in [1.165, 1.54) is 12.8 Å². The quantitative estimate of drug-likeness (QED) is 0.670. The largest absolute Gasteiger partial charge is 0.392 e. The Labute approximate surface area is 87.2 Å². The molecule has 1 heteroatoms. The Morgan fingerprint density at radius 3 is 2.50 bits per heavy atom. The average Bonchev–Trinajstić information content (AvgIpc) is 2.41. The molecule has 1 N–H and O–H groups in total. The lowest BCUT2D eigenvalue weighted by Gasteiger charge is -2.37.